The molecule has 0 aromatic heterocycles. The maximum absolute atomic E-state index is 11.5. The molecule has 2 atom stereocenters. The zero-order valence-electron chi connectivity index (χ0n) is 8.07. The number of nitrogens with zero attached hydrogens (tertiary/aromatic N) is 1. The Morgan fingerprint density at radius 2 is 2.31 bits per heavy atom. The average Bonchev–Trinajstić information content (AvgIpc) is 2.89. The molecule has 2 aliphatic rings. The zero-order chi connectivity index (χ0) is 9.42. The second kappa shape index (κ2) is 3.29. The Morgan fingerprint density at radius 1 is 1.62 bits per heavy atom. The van der Waals surface area contributed by atoms with Crippen LogP contribution in [0.5, 0.6) is 0 Å². The van der Waals surface area contributed by atoms with Crippen LogP contribution in [0.15, 0.2) is 0 Å². The van der Waals surface area contributed by atoms with Crippen molar-refractivity contribution in [3.05, 3.63) is 0 Å². The van der Waals surface area contributed by atoms with Gasteiger partial charge in [0.25, 0.3) is 0 Å². The summed E-state index contributed by atoms with van der Waals surface area (Å²) >= 11 is 0. The Hall–Kier alpha value is -0.570. The molecule has 0 bridgehead atoms. The molecule has 0 aromatic carbocycles. The van der Waals surface area contributed by atoms with Crippen LogP contribution >= 0.6 is 0 Å². The number of hydrogen-bond acceptors (Lipinski definition) is 2. The molecule has 3 nitrogen and oxygen atoms in total. The lowest BCUT2D eigenvalue weighted by molar-refractivity contribution is -0.129. The summed E-state index contributed by atoms with van der Waals surface area (Å²) in [6.07, 6.45) is 3.09. The van der Waals surface area contributed by atoms with Gasteiger partial charge in [0.2, 0.25) is 5.91 Å². The minimum Gasteiger partial charge on any atom is -0.396 e. The standard InChI is InChI=1S/C10H17NO2/c1-7(9-2-3-9)11-5-8(6-12)4-10(11)13/h7-9,12H,2-6H2,1H3. The van der Waals surface area contributed by atoms with E-state index in [1.54, 1.807) is 0 Å². The molecule has 74 valence electrons. The van der Waals surface area contributed by atoms with E-state index in [1.165, 1.54) is 12.8 Å². The summed E-state index contributed by atoms with van der Waals surface area (Å²) in [5.41, 5.74) is 0. The molecule has 1 saturated heterocycles. The fourth-order valence-electron chi connectivity index (χ4n) is 2.16. The van der Waals surface area contributed by atoms with E-state index >= 15 is 0 Å². The maximum Gasteiger partial charge on any atom is 0.223 e. The molecular weight excluding hydrogens is 166 g/mol. The predicted octanol–water partition coefficient (Wildman–Crippen LogP) is 0.626. The lowest BCUT2D eigenvalue weighted by atomic mass is 10.1. The number of amides is 1. The quantitative estimate of drug-likeness (QED) is 0.697. The first kappa shape index (κ1) is 9.00. The van der Waals surface area contributed by atoms with E-state index in [2.05, 4.69) is 6.92 Å². The number of hydrogen-bond donors (Lipinski definition) is 1. The molecule has 1 N–H and O–H groups in total. The van der Waals surface area contributed by atoms with E-state index in [1.807, 2.05) is 4.90 Å². The smallest absolute Gasteiger partial charge is 0.223 e. The summed E-state index contributed by atoms with van der Waals surface area (Å²) in [6, 6.07) is 0.407. The first-order valence-electron chi connectivity index (χ1n) is 5.12. The Bertz CT molecular complexity index is 213. The van der Waals surface area contributed by atoms with Gasteiger partial charge < -0.3 is 10.0 Å². The van der Waals surface area contributed by atoms with Crippen LogP contribution in [0.25, 0.3) is 0 Å². The Morgan fingerprint density at radius 3 is 2.77 bits per heavy atom. The molecule has 1 saturated carbocycles. The first-order chi connectivity index (χ1) is 6.22. The van der Waals surface area contributed by atoms with Crippen molar-refractivity contribution in [1.82, 2.24) is 4.90 Å². The largest absolute Gasteiger partial charge is 0.396 e. The van der Waals surface area contributed by atoms with Gasteiger partial charge in [0.15, 0.2) is 0 Å². The van der Waals surface area contributed by atoms with Crippen molar-refractivity contribution < 1.29 is 9.90 Å². The molecule has 1 aliphatic heterocycles. The van der Waals surface area contributed by atoms with Crippen molar-refractivity contribution in [3.8, 4) is 0 Å². The number of carbonyl (C=O) groups is 1. The highest BCUT2D eigenvalue weighted by Gasteiger charge is 2.38. The molecule has 1 amide bonds. The summed E-state index contributed by atoms with van der Waals surface area (Å²) in [5, 5.41) is 8.96. The Labute approximate surface area is 78.7 Å². The number of likely N-dealkylation sites (tertiary alicyclic amines) is 1. The third-order valence-corrected chi connectivity index (χ3v) is 3.29. The molecule has 0 radical (unpaired) electrons. The molecule has 1 aliphatic carbocycles. The van der Waals surface area contributed by atoms with Crippen LogP contribution in [0.2, 0.25) is 0 Å². The second-order valence-electron chi connectivity index (χ2n) is 4.38. The molecule has 3 heteroatoms. The highest BCUT2D eigenvalue weighted by molar-refractivity contribution is 5.79. The van der Waals surface area contributed by atoms with Crippen molar-refractivity contribution in [1.29, 1.82) is 0 Å². The van der Waals surface area contributed by atoms with Gasteiger partial charge in [-0.25, -0.2) is 0 Å². The number of carbonyl (C=O) groups excluding carboxylic acids is 1. The van der Waals surface area contributed by atoms with Crippen LogP contribution in [-0.4, -0.2) is 35.1 Å². The Balaban J connectivity index is 1.95. The van der Waals surface area contributed by atoms with Crippen LogP contribution in [0.3, 0.4) is 0 Å². The summed E-state index contributed by atoms with van der Waals surface area (Å²) in [6.45, 7) is 3.06. The molecule has 13 heavy (non-hydrogen) atoms. The summed E-state index contributed by atoms with van der Waals surface area (Å²) < 4.78 is 0. The van der Waals surface area contributed by atoms with Gasteiger partial charge in [-0.2, -0.15) is 0 Å². The number of rotatable bonds is 3. The minimum absolute atomic E-state index is 0.152. The molecule has 1 heterocycles. The van der Waals surface area contributed by atoms with E-state index in [9.17, 15) is 4.79 Å². The maximum atomic E-state index is 11.5. The van der Waals surface area contributed by atoms with Crippen LogP contribution in [0.1, 0.15) is 26.2 Å². The zero-order valence-corrected chi connectivity index (χ0v) is 8.07. The molecule has 2 fully saturated rings. The molecule has 0 aromatic rings. The number of aliphatic hydroxyl groups excluding tert-OH is 1. The van der Waals surface area contributed by atoms with Crippen molar-refractivity contribution in [2.24, 2.45) is 11.8 Å². The SMILES string of the molecule is CC(C1CC1)N1CC(CO)CC1=O. The van der Waals surface area contributed by atoms with Crippen molar-refractivity contribution in [2.75, 3.05) is 13.2 Å². The first-order valence-corrected chi connectivity index (χ1v) is 5.12. The van der Waals surface area contributed by atoms with Gasteiger partial charge >= 0.3 is 0 Å². The highest BCUT2D eigenvalue weighted by atomic mass is 16.3. The molecular formula is C10H17NO2. The fraction of sp³-hybridized carbons (Fsp3) is 0.900. The van der Waals surface area contributed by atoms with Gasteiger partial charge in [-0.3, -0.25) is 4.79 Å². The third-order valence-electron chi connectivity index (χ3n) is 3.29. The predicted molar refractivity (Wildman–Crippen MR) is 49.1 cm³/mol. The van der Waals surface area contributed by atoms with Gasteiger partial charge in [-0.05, 0) is 25.7 Å². The lowest BCUT2D eigenvalue weighted by Crippen LogP contribution is -2.36. The minimum atomic E-state index is 0.152. The van der Waals surface area contributed by atoms with Crippen molar-refractivity contribution >= 4 is 5.91 Å². The molecule has 2 rings (SSSR count). The van der Waals surface area contributed by atoms with E-state index in [4.69, 9.17) is 5.11 Å². The van der Waals surface area contributed by atoms with E-state index in [0.29, 0.717) is 12.5 Å². The Kier molecular flexibility index (Phi) is 2.28. The topological polar surface area (TPSA) is 40.5 Å². The van der Waals surface area contributed by atoms with Crippen LogP contribution in [0.4, 0.5) is 0 Å². The van der Waals surface area contributed by atoms with Crippen LogP contribution in [0, 0.1) is 11.8 Å². The van der Waals surface area contributed by atoms with Gasteiger partial charge in [0, 0.05) is 31.5 Å². The van der Waals surface area contributed by atoms with Gasteiger partial charge in [-0.1, -0.05) is 0 Å². The average molecular weight is 183 g/mol. The van der Waals surface area contributed by atoms with Crippen molar-refractivity contribution in [3.63, 3.8) is 0 Å². The van der Waals surface area contributed by atoms with Gasteiger partial charge in [-0.15, -0.1) is 0 Å². The van der Waals surface area contributed by atoms with Gasteiger partial charge in [0.05, 0.1) is 0 Å². The fourth-order valence-corrected chi connectivity index (χ4v) is 2.16. The molecule has 2 unspecified atom stereocenters. The highest BCUT2D eigenvalue weighted by Crippen LogP contribution is 2.37. The van der Waals surface area contributed by atoms with Gasteiger partial charge in [0.1, 0.15) is 0 Å². The van der Waals surface area contributed by atoms with E-state index < -0.39 is 0 Å². The summed E-state index contributed by atoms with van der Waals surface area (Å²) in [7, 11) is 0. The lowest BCUT2D eigenvalue weighted by Gasteiger charge is -2.24. The second-order valence-corrected chi connectivity index (χ2v) is 4.38. The third kappa shape index (κ3) is 1.70. The number of aliphatic hydroxyl groups is 1. The van der Waals surface area contributed by atoms with Crippen LogP contribution < -0.4 is 0 Å². The summed E-state index contributed by atoms with van der Waals surface area (Å²) in [5.74, 6) is 1.16. The molecule has 0 spiro atoms. The monoisotopic (exact) mass is 183 g/mol. The van der Waals surface area contributed by atoms with Crippen molar-refractivity contribution in [2.45, 2.75) is 32.2 Å². The van der Waals surface area contributed by atoms with E-state index in [-0.39, 0.29) is 18.4 Å². The summed E-state index contributed by atoms with van der Waals surface area (Å²) in [4.78, 5) is 13.5. The van der Waals surface area contributed by atoms with Crippen LogP contribution in [-0.2, 0) is 4.79 Å². The van der Waals surface area contributed by atoms with E-state index in [0.717, 1.165) is 12.5 Å². The normalized spacial score (nSPS) is 31.1.